The summed E-state index contributed by atoms with van der Waals surface area (Å²) in [5.74, 6) is 2.13. The molecule has 1 fully saturated rings. The van der Waals surface area contributed by atoms with Crippen LogP contribution in [0.25, 0.3) is 0 Å². The average molecular weight is 260 g/mol. The second-order valence-corrected chi connectivity index (χ2v) is 7.72. The van der Waals surface area contributed by atoms with E-state index in [4.69, 9.17) is 0 Å². The van der Waals surface area contributed by atoms with Gasteiger partial charge in [0.2, 0.25) is 0 Å². The van der Waals surface area contributed by atoms with Crippen molar-refractivity contribution in [2.75, 3.05) is 19.0 Å². The standard InChI is InChI=1S/C9H12.C7H14BP/c1-2-6-9-7-4-3-5-8-9;1-3-8-4-6-9(2)7-5-8/h3-5,7-8H,2,6H2,1H3;3H,1,4-7H2,2H3. The second-order valence-electron chi connectivity index (χ2n) is 5.11. The first-order valence-electron chi connectivity index (χ1n) is 7.11. The van der Waals surface area contributed by atoms with Crippen LogP contribution >= 0.6 is 7.92 Å². The van der Waals surface area contributed by atoms with Gasteiger partial charge in [-0.2, -0.15) is 0 Å². The van der Waals surface area contributed by atoms with Crippen LogP contribution in [0, 0.1) is 0 Å². The molecule has 1 heterocycles. The SMILES string of the molecule is C=CB1CCP(C)CC1.CCCc1ccccc1. The Morgan fingerprint density at radius 3 is 2.33 bits per heavy atom. The van der Waals surface area contributed by atoms with Gasteiger partial charge >= 0.3 is 0 Å². The highest BCUT2D eigenvalue weighted by Crippen LogP contribution is 2.37. The van der Waals surface area contributed by atoms with E-state index in [1.807, 2.05) is 0 Å². The Morgan fingerprint density at radius 2 is 1.83 bits per heavy atom. The van der Waals surface area contributed by atoms with Crippen LogP contribution in [0.3, 0.4) is 0 Å². The van der Waals surface area contributed by atoms with Crippen molar-refractivity contribution in [3.8, 4) is 0 Å². The first-order chi connectivity index (χ1) is 8.76. The summed E-state index contributed by atoms with van der Waals surface area (Å²) in [6.45, 7) is 9.28. The second kappa shape index (κ2) is 9.39. The van der Waals surface area contributed by atoms with E-state index in [1.165, 1.54) is 43.4 Å². The summed E-state index contributed by atoms with van der Waals surface area (Å²) >= 11 is 0. The van der Waals surface area contributed by atoms with E-state index < -0.39 is 0 Å². The lowest BCUT2D eigenvalue weighted by atomic mass is 9.46. The van der Waals surface area contributed by atoms with Crippen LogP contribution in [-0.2, 0) is 6.42 Å². The minimum absolute atomic E-state index is 0.428. The summed E-state index contributed by atoms with van der Waals surface area (Å²) in [6, 6.07) is 10.6. The van der Waals surface area contributed by atoms with E-state index in [0.717, 1.165) is 6.71 Å². The normalized spacial score (nSPS) is 15.8. The van der Waals surface area contributed by atoms with Crippen LogP contribution in [-0.4, -0.2) is 25.7 Å². The summed E-state index contributed by atoms with van der Waals surface area (Å²) in [5.41, 5.74) is 1.44. The Bertz CT molecular complexity index is 315. The quantitative estimate of drug-likeness (QED) is 0.531. The smallest absolute Gasteiger partial charge is 0.122 e. The molecule has 1 aromatic carbocycles. The van der Waals surface area contributed by atoms with Gasteiger partial charge in [0.15, 0.2) is 6.71 Å². The predicted octanol–water partition coefficient (Wildman–Crippen LogP) is 4.97. The van der Waals surface area contributed by atoms with Gasteiger partial charge in [0.05, 0.1) is 0 Å². The van der Waals surface area contributed by atoms with Crippen LogP contribution < -0.4 is 0 Å². The van der Waals surface area contributed by atoms with E-state index in [2.05, 4.69) is 56.5 Å². The molecule has 0 spiro atoms. The highest BCUT2D eigenvalue weighted by atomic mass is 31.1. The molecule has 1 aromatic rings. The molecule has 1 aliphatic heterocycles. The summed E-state index contributed by atoms with van der Waals surface area (Å²) in [6.07, 6.45) is 8.22. The lowest BCUT2D eigenvalue weighted by Crippen LogP contribution is -2.17. The molecule has 0 radical (unpaired) electrons. The Labute approximate surface area is 115 Å². The number of benzene rings is 1. The molecule has 0 unspecified atom stereocenters. The van der Waals surface area contributed by atoms with Gasteiger partial charge < -0.3 is 0 Å². The minimum atomic E-state index is 0.428. The highest BCUT2D eigenvalue weighted by molar-refractivity contribution is 7.57. The molecular formula is C16H26BP. The third-order valence-corrected chi connectivity index (χ3v) is 5.52. The molecule has 2 rings (SSSR count). The Kier molecular flexibility index (Phi) is 8.10. The highest BCUT2D eigenvalue weighted by Gasteiger charge is 2.17. The van der Waals surface area contributed by atoms with Crippen molar-refractivity contribution >= 4 is 14.6 Å². The monoisotopic (exact) mass is 260 g/mol. The van der Waals surface area contributed by atoms with E-state index in [-0.39, 0.29) is 0 Å². The zero-order valence-electron chi connectivity index (χ0n) is 11.9. The van der Waals surface area contributed by atoms with Crippen LogP contribution in [0.5, 0.6) is 0 Å². The fourth-order valence-corrected chi connectivity index (χ4v) is 3.97. The molecule has 0 aliphatic carbocycles. The van der Waals surface area contributed by atoms with Crippen LogP contribution in [0.1, 0.15) is 18.9 Å². The molecule has 18 heavy (non-hydrogen) atoms. The number of rotatable bonds is 3. The van der Waals surface area contributed by atoms with Crippen molar-refractivity contribution in [1.29, 1.82) is 0 Å². The molecule has 0 nitrogen and oxygen atoms in total. The van der Waals surface area contributed by atoms with Gasteiger partial charge in [0, 0.05) is 0 Å². The van der Waals surface area contributed by atoms with Crippen molar-refractivity contribution in [2.45, 2.75) is 32.4 Å². The maximum Gasteiger partial charge on any atom is 0.166 e. The first-order valence-corrected chi connectivity index (χ1v) is 9.27. The number of hydrogen-bond donors (Lipinski definition) is 0. The van der Waals surface area contributed by atoms with Gasteiger partial charge in [-0.15, -0.1) is 20.5 Å². The van der Waals surface area contributed by atoms with Crippen molar-refractivity contribution < 1.29 is 0 Å². The van der Waals surface area contributed by atoms with Gasteiger partial charge in [0.25, 0.3) is 0 Å². The lowest BCUT2D eigenvalue weighted by Gasteiger charge is -2.21. The molecular weight excluding hydrogens is 234 g/mol. The van der Waals surface area contributed by atoms with Crippen molar-refractivity contribution in [2.24, 2.45) is 0 Å². The molecule has 0 N–H and O–H groups in total. The molecule has 1 aliphatic rings. The Morgan fingerprint density at radius 1 is 1.22 bits per heavy atom. The van der Waals surface area contributed by atoms with Gasteiger partial charge in [-0.3, -0.25) is 0 Å². The average Bonchev–Trinajstić information content (AvgIpc) is 2.42. The molecule has 0 saturated carbocycles. The third kappa shape index (κ3) is 6.40. The maximum absolute atomic E-state index is 3.82. The largest absolute Gasteiger partial charge is 0.166 e. The summed E-state index contributed by atoms with van der Waals surface area (Å²) < 4.78 is 0. The van der Waals surface area contributed by atoms with Crippen LogP contribution in [0.15, 0.2) is 42.9 Å². The zero-order valence-corrected chi connectivity index (χ0v) is 12.8. The maximum atomic E-state index is 3.82. The van der Waals surface area contributed by atoms with Gasteiger partial charge in [-0.05, 0) is 31.0 Å². The molecule has 0 amide bonds. The minimum Gasteiger partial charge on any atom is -0.122 e. The fraction of sp³-hybridized carbons (Fsp3) is 0.500. The van der Waals surface area contributed by atoms with Gasteiger partial charge in [0.1, 0.15) is 0 Å². The summed E-state index contributed by atoms with van der Waals surface area (Å²) in [7, 11) is 0.428. The van der Waals surface area contributed by atoms with E-state index in [0.29, 0.717) is 7.92 Å². The van der Waals surface area contributed by atoms with Gasteiger partial charge in [-0.1, -0.05) is 56.3 Å². The predicted molar refractivity (Wildman–Crippen MR) is 88.6 cm³/mol. The first kappa shape index (κ1) is 15.5. The summed E-state index contributed by atoms with van der Waals surface area (Å²) in [4.78, 5) is 0. The van der Waals surface area contributed by atoms with E-state index in [1.54, 1.807) is 0 Å². The number of aryl methyl sites for hydroxylation is 1. The van der Waals surface area contributed by atoms with Crippen LogP contribution in [0.4, 0.5) is 0 Å². The molecule has 0 atom stereocenters. The summed E-state index contributed by atoms with van der Waals surface area (Å²) in [5, 5.41) is 0. The Balaban J connectivity index is 0.000000180. The fourth-order valence-electron chi connectivity index (χ4n) is 2.20. The van der Waals surface area contributed by atoms with Crippen LogP contribution in [0.2, 0.25) is 12.6 Å². The molecule has 0 bridgehead atoms. The van der Waals surface area contributed by atoms with E-state index >= 15 is 0 Å². The lowest BCUT2D eigenvalue weighted by molar-refractivity contribution is 0.922. The Hall–Kier alpha value is -0.545. The van der Waals surface area contributed by atoms with Crippen molar-refractivity contribution in [1.82, 2.24) is 0 Å². The molecule has 98 valence electrons. The van der Waals surface area contributed by atoms with Gasteiger partial charge in [-0.25, -0.2) is 0 Å². The molecule has 2 heteroatoms. The van der Waals surface area contributed by atoms with Crippen molar-refractivity contribution in [3.63, 3.8) is 0 Å². The topological polar surface area (TPSA) is 0 Å². The zero-order chi connectivity index (χ0) is 13.2. The molecule has 0 aromatic heterocycles. The number of hydrogen-bond acceptors (Lipinski definition) is 0. The van der Waals surface area contributed by atoms with Crippen molar-refractivity contribution in [3.05, 3.63) is 48.4 Å². The third-order valence-electron chi connectivity index (χ3n) is 3.48. The molecule has 1 saturated heterocycles. The van der Waals surface area contributed by atoms with E-state index in [9.17, 15) is 0 Å².